The van der Waals surface area contributed by atoms with Crippen molar-refractivity contribution in [3.8, 4) is 0 Å². The Balaban J connectivity index is 0. The molecule has 0 rings (SSSR count). The summed E-state index contributed by atoms with van der Waals surface area (Å²) >= 11 is 0. The Labute approximate surface area is 177 Å². The summed E-state index contributed by atoms with van der Waals surface area (Å²) in [7, 11) is 0. The van der Waals surface area contributed by atoms with Crippen LogP contribution in [0.25, 0.3) is 0 Å². The minimum absolute atomic E-state index is 0.248. The Kier molecular flexibility index (Phi) is 18.8. The van der Waals surface area contributed by atoms with E-state index in [1.807, 2.05) is 20.8 Å². The van der Waals surface area contributed by atoms with Gasteiger partial charge in [-0.3, -0.25) is 0 Å². The first kappa shape index (κ1) is 29.6. The smallest absolute Gasteiger partial charge is 0.434 e. The highest BCUT2D eigenvalue weighted by Crippen LogP contribution is 2.08. The molecule has 0 saturated carbocycles. The number of nitrogens with two attached hydrogens (primary N) is 1. The predicted molar refractivity (Wildman–Crippen MR) is 120 cm³/mol. The summed E-state index contributed by atoms with van der Waals surface area (Å²) in [5.74, 6) is 0.533. The third kappa shape index (κ3) is 28.7. The van der Waals surface area contributed by atoms with E-state index >= 15 is 0 Å². The zero-order valence-electron chi connectivity index (χ0n) is 19.4. The molecule has 0 aliphatic carbocycles. The lowest BCUT2D eigenvalue weighted by Crippen LogP contribution is -2.25. The van der Waals surface area contributed by atoms with Crippen LogP contribution in [0.15, 0.2) is 4.99 Å². The number of rotatable bonds is 13. The lowest BCUT2D eigenvalue weighted by Gasteiger charge is -2.17. The van der Waals surface area contributed by atoms with Gasteiger partial charge in [0.25, 0.3) is 0 Å². The van der Waals surface area contributed by atoms with Gasteiger partial charge in [-0.1, -0.05) is 12.8 Å². The lowest BCUT2D eigenvalue weighted by molar-refractivity contribution is -0.117. The number of hydrogen-bond acceptors (Lipinski definition) is 6. The molecule has 0 radical (unpaired) electrons. The second kappa shape index (κ2) is 18.4. The van der Waals surface area contributed by atoms with Crippen LogP contribution in [0.2, 0.25) is 0 Å². The standard InChI is InChI=1S/C15H28N2O3.C7H15NO/c1-12(17-14(19)20-15(3,4)5)11-16-10-8-6-7-9-13(2)18;1-7(9)5-3-2-4-6-8/h16H,6-11H2,1-5H3;2-6,8H2,1H3. The number of nitrogens with zero attached hydrogens (tertiary/aromatic N) is 1. The molecule has 3 N–H and O–H groups in total. The second-order valence-corrected chi connectivity index (χ2v) is 8.32. The van der Waals surface area contributed by atoms with Crippen molar-refractivity contribution in [1.29, 1.82) is 0 Å². The SMILES string of the molecule is CC(=O)CCCCCN.CC(=O)CCCCCNCC(C)=NC(=O)OC(C)(C)C. The molecule has 7 nitrogen and oxygen atoms in total. The molecule has 0 aromatic carbocycles. The number of amides is 1. The summed E-state index contributed by atoms with van der Waals surface area (Å²) in [4.78, 5) is 36.4. The number of carbonyl (C=O) groups is 3. The second-order valence-electron chi connectivity index (χ2n) is 8.32. The molecule has 0 heterocycles. The van der Waals surface area contributed by atoms with Gasteiger partial charge in [0.1, 0.15) is 17.2 Å². The first-order valence-corrected chi connectivity index (χ1v) is 10.6. The maximum Gasteiger partial charge on any atom is 0.434 e. The number of Topliss-reactive ketones (excluding diaryl/α,β-unsaturated/α-hetero) is 2. The highest BCUT2D eigenvalue weighted by Gasteiger charge is 2.15. The largest absolute Gasteiger partial charge is 0.442 e. The van der Waals surface area contributed by atoms with E-state index in [0.717, 1.165) is 58.0 Å². The highest BCUT2D eigenvalue weighted by molar-refractivity contribution is 5.93. The monoisotopic (exact) mass is 413 g/mol. The highest BCUT2D eigenvalue weighted by atomic mass is 16.6. The van der Waals surface area contributed by atoms with E-state index in [9.17, 15) is 14.4 Å². The topological polar surface area (TPSA) is 111 Å². The van der Waals surface area contributed by atoms with Crippen LogP contribution in [0.4, 0.5) is 4.79 Å². The molecule has 0 unspecified atom stereocenters. The first-order valence-electron chi connectivity index (χ1n) is 10.6. The first-order chi connectivity index (χ1) is 13.5. The van der Waals surface area contributed by atoms with Gasteiger partial charge in [0.2, 0.25) is 0 Å². The number of ether oxygens (including phenoxy) is 1. The molecule has 0 fully saturated rings. The molecule has 0 aliphatic rings. The van der Waals surface area contributed by atoms with E-state index in [-0.39, 0.29) is 11.6 Å². The molecule has 29 heavy (non-hydrogen) atoms. The maximum atomic E-state index is 11.4. The Morgan fingerprint density at radius 2 is 1.38 bits per heavy atom. The average Bonchev–Trinajstić information content (AvgIpc) is 2.56. The van der Waals surface area contributed by atoms with Crippen molar-refractivity contribution in [2.24, 2.45) is 10.7 Å². The van der Waals surface area contributed by atoms with Crippen LogP contribution in [0, 0.1) is 0 Å². The summed E-state index contributed by atoms with van der Waals surface area (Å²) in [5.41, 5.74) is 5.46. The average molecular weight is 414 g/mol. The number of hydrogen-bond donors (Lipinski definition) is 2. The van der Waals surface area contributed by atoms with Crippen molar-refractivity contribution in [3.63, 3.8) is 0 Å². The Morgan fingerprint density at radius 3 is 1.83 bits per heavy atom. The van der Waals surface area contributed by atoms with Gasteiger partial charge >= 0.3 is 6.09 Å². The van der Waals surface area contributed by atoms with Gasteiger partial charge in [-0.25, -0.2) is 4.79 Å². The molecule has 1 amide bonds. The fourth-order valence-corrected chi connectivity index (χ4v) is 2.25. The molecule has 170 valence electrons. The van der Waals surface area contributed by atoms with Crippen molar-refractivity contribution < 1.29 is 19.1 Å². The molecule has 0 atom stereocenters. The van der Waals surface area contributed by atoms with Gasteiger partial charge in [-0.15, -0.1) is 0 Å². The van der Waals surface area contributed by atoms with Gasteiger partial charge in [-0.05, 0) is 80.3 Å². The van der Waals surface area contributed by atoms with Crippen molar-refractivity contribution >= 4 is 23.4 Å². The van der Waals surface area contributed by atoms with Crippen LogP contribution in [0.3, 0.4) is 0 Å². The molecule has 0 aromatic heterocycles. The van der Waals surface area contributed by atoms with Crippen LogP contribution in [0.5, 0.6) is 0 Å². The molecule has 0 spiro atoms. The van der Waals surface area contributed by atoms with Gasteiger partial charge in [-0.2, -0.15) is 4.99 Å². The number of nitrogens with one attached hydrogen (secondary N) is 1. The minimum atomic E-state index is -0.543. The number of unbranched alkanes of at least 4 members (excludes halogenated alkanes) is 4. The normalized spacial score (nSPS) is 11.5. The van der Waals surface area contributed by atoms with Crippen molar-refractivity contribution in [2.45, 2.75) is 98.5 Å². The number of aliphatic imine (C=N–C) groups is 1. The van der Waals surface area contributed by atoms with Crippen molar-refractivity contribution in [1.82, 2.24) is 5.32 Å². The quantitative estimate of drug-likeness (QED) is 0.345. The molecule has 0 saturated heterocycles. The fourth-order valence-electron chi connectivity index (χ4n) is 2.25. The minimum Gasteiger partial charge on any atom is -0.442 e. The Hall–Kier alpha value is -1.60. The van der Waals surface area contributed by atoms with E-state index in [4.69, 9.17) is 10.5 Å². The van der Waals surface area contributed by atoms with Crippen LogP contribution < -0.4 is 11.1 Å². The van der Waals surface area contributed by atoms with E-state index in [1.54, 1.807) is 20.8 Å². The van der Waals surface area contributed by atoms with Crippen LogP contribution in [0.1, 0.15) is 92.9 Å². The van der Waals surface area contributed by atoms with Gasteiger partial charge in [0, 0.05) is 25.1 Å². The lowest BCUT2D eigenvalue weighted by atomic mass is 10.1. The third-order valence-corrected chi connectivity index (χ3v) is 3.67. The summed E-state index contributed by atoms with van der Waals surface area (Å²) in [6.45, 7) is 12.7. The molecule has 0 aromatic rings. The van der Waals surface area contributed by atoms with Crippen LogP contribution >= 0.6 is 0 Å². The zero-order chi connectivity index (χ0) is 22.7. The van der Waals surface area contributed by atoms with E-state index < -0.39 is 11.7 Å². The zero-order valence-corrected chi connectivity index (χ0v) is 19.4. The predicted octanol–water partition coefficient (Wildman–Crippen LogP) is 4.22. The van der Waals surface area contributed by atoms with E-state index in [1.165, 1.54) is 0 Å². The molecule has 0 bridgehead atoms. The van der Waals surface area contributed by atoms with Crippen LogP contribution in [-0.4, -0.2) is 48.6 Å². The molecule has 7 heteroatoms. The van der Waals surface area contributed by atoms with Crippen LogP contribution in [-0.2, 0) is 14.3 Å². The fraction of sp³-hybridized carbons (Fsp3) is 0.818. The third-order valence-electron chi connectivity index (χ3n) is 3.67. The Bertz CT molecular complexity index is 497. The van der Waals surface area contributed by atoms with Crippen molar-refractivity contribution in [3.05, 3.63) is 0 Å². The van der Waals surface area contributed by atoms with E-state index in [2.05, 4.69) is 10.3 Å². The van der Waals surface area contributed by atoms with E-state index in [0.29, 0.717) is 18.7 Å². The number of carbonyl (C=O) groups excluding carboxylic acids is 3. The molecular weight excluding hydrogens is 370 g/mol. The summed E-state index contributed by atoms with van der Waals surface area (Å²) in [6, 6.07) is 0. The van der Waals surface area contributed by atoms with Gasteiger partial charge in [0.15, 0.2) is 0 Å². The summed E-state index contributed by atoms with van der Waals surface area (Å²) in [6.07, 6.45) is 7.00. The number of ketones is 2. The Morgan fingerprint density at radius 1 is 0.862 bits per heavy atom. The molecular formula is C22H43N3O4. The summed E-state index contributed by atoms with van der Waals surface area (Å²) < 4.78 is 5.10. The maximum absolute atomic E-state index is 11.4. The summed E-state index contributed by atoms with van der Waals surface area (Å²) in [5, 5.41) is 3.22. The molecule has 0 aliphatic heterocycles. The van der Waals surface area contributed by atoms with Gasteiger partial charge < -0.3 is 25.4 Å². The van der Waals surface area contributed by atoms with Crippen molar-refractivity contribution in [2.75, 3.05) is 19.6 Å². The van der Waals surface area contributed by atoms with Gasteiger partial charge in [0.05, 0.1) is 0 Å².